The van der Waals surface area contributed by atoms with Crippen molar-refractivity contribution in [2.75, 3.05) is 36.4 Å². The number of anilines is 2. The zero-order valence-corrected chi connectivity index (χ0v) is 17.5. The minimum Gasteiger partial charge on any atom is -0.362 e. The van der Waals surface area contributed by atoms with E-state index < -0.39 is 64.9 Å². The third-order valence-electron chi connectivity index (χ3n) is 5.30. The summed E-state index contributed by atoms with van der Waals surface area (Å²) in [7, 11) is 0. The second-order valence-electron chi connectivity index (χ2n) is 7.68. The van der Waals surface area contributed by atoms with Gasteiger partial charge < -0.3 is 15.5 Å². The summed E-state index contributed by atoms with van der Waals surface area (Å²) >= 11 is 0. The SMILES string of the molecule is O=C(Nc1cnccc1N1CCNCC(F)(F)C1)c1ccc(F)c(-c2c(F)cccc2F)c1F. The molecule has 0 unspecified atom stereocenters. The molecule has 1 amide bonds. The Morgan fingerprint density at radius 3 is 2.44 bits per heavy atom. The standard InChI is InChI=1S/C23H18F6N4O/c24-14-2-1-3-15(25)19(14)20-16(26)5-4-13(21(20)27)22(34)32-17-10-30-7-6-18(17)33-9-8-31-11-23(28,29)12-33/h1-7,10,31H,8-9,11-12H2,(H,32,34). The molecule has 0 spiro atoms. The first-order valence-electron chi connectivity index (χ1n) is 10.2. The molecule has 11 heteroatoms. The normalized spacial score (nSPS) is 15.6. The van der Waals surface area contributed by atoms with Crippen LogP contribution < -0.4 is 15.5 Å². The fourth-order valence-corrected chi connectivity index (χ4v) is 3.75. The maximum atomic E-state index is 15.2. The highest BCUT2D eigenvalue weighted by molar-refractivity contribution is 6.06. The lowest BCUT2D eigenvalue weighted by Crippen LogP contribution is -2.38. The van der Waals surface area contributed by atoms with Gasteiger partial charge in [-0.25, -0.2) is 26.3 Å². The van der Waals surface area contributed by atoms with Crippen molar-refractivity contribution in [3.05, 3.63) is 77.6 Å². The molecule has 3 aromatic rings. The van der Waals surface area contributed by atoms with Gasteiger partial charge >= 0.3 is 0 Å². The first-order chi connectivity index (χ1) is 16.2. The Balaban J connectivity index is 1.69. The summed E-state index contributed by atoms with van der Waals surface area (Å²) in [5.74, 6) is -9.27. The van der Waals surface area contributed by atoms with Crippen LogP contribution in [0.15, 0.2) is 48.8 Å². The molecule has 0 aliphatic carbocycles. The Morgan fingerprint density at radius 2 is 1.71 bits per heavy atom. The first-order valence-corrected chi connectivity index (χ1v) is 10.2. The van der Waals surface area contributed by atoms with E-state index in [0.29, 0.717) is 6.07 Å². The number of hydrogen-bond donors (Lipinski definition) is 2. The summed E-state index contributed by atoms with van der Waals surface area (Å²) in [6, 6.07) is 5.65. The third kappa shape index (κ3) is 4.69. The molecule has 1 aliphatic heterocycles. The van der Waals surface area contributed by atoms with E-state index in [-0.39, 0.29) is 24.5 Å². The van der Waals surface area contributed by atoms with E-state index in [1.807, 2.05) is 0 Å². The number of hydrogen-bond acceptors (Lipinski definition) is 4. The van der Waals surface area contributed by atoms with Crippen molar-refractivity contribution in [3.63, 3.8) is 0 Å². The van der Waals surface area contributed by atoms with Crippen LogP contribution in [0.25, 0.3) is 11.1 Å². The second-order valence-corrected chi connectivity index (χ2v) is 7.68. The number of halogens is 6. The number of alkyl halides is 2. The molecule has 0 atom stereocenters. The topological polar surface area (TPSA) is 57.3 Å². The van der Waals surface area contributed by atoms with Crippen LogP contribution in [-0.2, 0) is 0 Å². The van der Waals surface area contributed by atoms with Gasteiger partial charge in [0.25, 0.3) is 11.8 Å². The lowest BCUT2D eigenvalue weighted by molar-refractivity contribution is 0.0157. The molecule has 178 valence electrons. The van der Waals surface area contributed by atoms with Gasteiger partial charge in [-0.2, -0.15) is 0 Å². The van der Waals surface area contributed by atoms with E-state index in [1.54, 1.807) is 0 Å². The highest BCUT2D eigenvalue weighted by Gasteiger charge is 2.34. The molecule has 1 fully saturated rings. The van der Waals surface area contributed by atoms with E-state index in [0.717, 1.165) is 24.3 Å². The summed E-state index contributed by atoms with van der Waals surface area (Å²) in [6.45, 7) is -0.680. The summed E-state index contributed by atoms with van der Waals surface area (Å²) in [4.78, 5) is 18.1. The Kier molecular flexibility index (Phi) is 6.47. The van der Waals surface area contributed by atoms with Gasteiger partial charge in [0, 0.05) is 19.3 Å². The molecule has 5 nitrogen and oxygen atoms in total. The molecule has 4 rings (SSSR count). The van der Waals surface area contributed by atoms with E-state index in [1.165, 1.54) is 23.4 Å². The molecule has 2 N–H and O–H groups in total. The van der Waals surface area contributed by atoms with Crippen LogP contribution in [0.2, 0.25) is 0 Å². The van der Waals surface area contributed by atoms with Crippen molar-refractivity contribution in [2.45, 2.75) is 5.92 Å². The van der Waals surface area contributed by atoms with Crippen LogP contribution >= 0.6 is 0 Å². The van der Waals surface area contributed by atoms with Crippen LogP contribution in [0.4, 0.5) is 37.7 Å². The van der Waals surface area contributed by atoms with E-state index in [2.05, 4.69) is 15.6 Å². The smallest absolute Gasteiger partial charge is 0.277 e. The number of nitrogens with one attached hydrogen (secondary N) is 2. The average Bonchev–Trinajstić information content (AvgIpc) is 2.96. The third-order valence-corrected chi connectivity index (χ3v) is 5.30. The molecular weight excluding hydrogens is 462 g/mol. The molecule has 0 saturated carbocycles. The van der Waals surface area contributed by atoms with Gasteiger partial charge in [-0.15, -0.1) is 0 Å². The van der Waals surface area contributed by atoms with Gasteiger partial charge in [-0.05, 0) is 30.3 Å². The fourth-order valence-electron chi connectivity index (χ4n) is 3.75. The second kappa shape index (κ2) is 9.34. The van der Waals surface area contributed by atoms with Crippen LogP contribution in [0.5, 0.6) is 0 Å². The van der Waals surface area contributed by atoms with Gasteiger partial charge in [0.1, 0.15) is 23.3 Å². The lowest BCUT2D eigenvalue weighted by Gasteiger charge is -2.27. The van der Waals surface area contributed by atoms with E-state index >= 15 is 4.39 Å². The number of nitrogens with zero attached hydrogens (tertiary/aromatic N) is 2. The predicted octanol–water partition coefficient (Wildman–Crippen LogP) is 4.60. The highest BCUT2D eigenvalue weighted by Crippen LogP contribution is 2.33. The van der Waals surface area contributed by atoms with Crippen LogP contribution in [0.3, 0.4) is 0 Å². The Bertz CT molecular complexity index is 1220. The van der Waals surface area contributed by atoms with Crippen molar-refractivity contribution in [2.24, 2.45) is 0 Å². The minimum absolute atomic E-state index is 0.00699. The number of carbonyl (C=O) groups excluding carboxylic acids is 1. The number of pyridine rings is 1. The molecule has 1 saturated heterocycles. The lowest BCUT2D eigenvalue weighted by atomic mass is 9.99. The Morgan fingerprint density at radius 1 is 1.00 bits per heavy atom. The number of rotatable bonds is 4. The van der Waals surface area contributed by atoms with Gasteiger partial charge in [0.05, 0.1) is 47.4 Å². The van der Waals surface area contributed by atoms with Gasteiger partial charge in [0.2, 0.25) is 0 Å². The summed E-state index contributed by atoms with van der Waals surface area (Å²) in [5, 5.41) is 5.01. The minimum atomic E-state index is -3.04. The largest absolute Gasteiger partial charge is 0.362 e. The quantitative estimate of drug-likeness (QED) is 0.536. The van der Waals surface area contributed by atoms with E-state index in [9.17, 15) is 26.7 Å². The number of aromatic nitrogens is 1. The van der Waals surface area contributed by atoms with Crippen molar-refractivity contribution in [3.8, 4) is 11.1 Å². The van der Waals surface area contributed by atoms with Crippen molar-refractivity contribution in [1.82, 2.24) is 10.3 Å². The average molecular weight is 480 g/mol. The number of carbonyl (C=O) groups is 1. The first kappa shape index (κ1) is 23.6. The predicted molar refractivity (Wildman–Crippen MR) is 114 cm³/mol. The molecule has 0 bridgehead atoms. The van der Waals surface area contributed by atoms with Gasteiger partial charge in [-0.3, -0.25) is 9.78 Å². The molecule has 1 aliphatic rings. The Hall–Kier alpha value is -3.60. The number of amides is 1. The maximum absolute atomic E-state index is 15.2. The molecule has 1 aromatic heterocycles. The maximum Gasteiger partial charge on any atom is 0.277 e. The molecule has 0 radical (unpaired) electrons. The van der Waals surface area contributed by atoms with Crippen molar-refractivity contribution in [1.29, 1.82) is 0 Å². The van der Waals surface area contributed by atoms with Crippen LogP contribution in [0.1, 0.15) is 10.4 Å². The fraction of sp³-hybridized carbons (Fsp3) is 0.217. The van der Waals surface area contributed by atoms with Gasteiger partial charge in [-0.1, -0.05) is 6.07 Å². The molecular formula is C23H18F6N4O. The van der Waals surface area contributed by atoms with E-state index in [4.69, 9.17) is 0 Å². The van der Waals surface area contributed by atoms with Crippen LogP contribution in [-0.4, -0.2) is 43.0 Å². The van der Waals surface area contributed by atoms with Crippen molar-refractivity contribution >= 4 is 17.3 Å². The molecule has 2 heterocycles. The summed E-state index contributed by atoms with van der Waals surface area (Å²) < 4.78 is 86.0. The summed E-state index contributed by atoms with van der Waals surface area (Å²) in [5.41, 5.74) is -2.46. The van der Waals surface area contributed by atoms with Gasteiger partial charge in [0.15, 0.2) is 0 Å². The highest BCUT2D eigenvalue weighted by atomic mass is 19.3. The molecule has 34 heavy (non-hydrogen) atoms. The van der Waals surface area contributed by atoms with Crippen LogP contribution in [0, 0.1) is 23.3 Å². The zero-order valence-electron chi connectivity index (χ0n) is 17.5. The number of benzene rings is 2. The monoisotopic (exact) mass is 480 g/mol. The zero-order chi connectivity index (χ0) is 24.5. The Labute approximate surface area is 190 Å². The summed E-state index contributed by atoms with van der Waals surface area (Å²) in [6.07, 6.45) is 2.54. The van der Waals surface area contributed by atoms with Crippen molar-refractivity contribution < 1.29 is 31.1 Å². The molecule has 2 aromatic carbocycles.